The van der Waals surface area contributed by atoms with Gasteiger partial charge in [0.2, 0.25) is 0 Å². The van der Waals surface area contributed by atoms with E-state index in [2.05, 4.69) is 0 Å². The summed E-state index contributed by atoms with van der Waals surface area (Å²) in [6.07, 6.45) is 3.62. The minimum absolute atomic E-state index is 0.203. The highest BCUT2D eigenvalue weighted by atomic mass is 19.1. The van der Waals surface area contributed by atoms with Crippen molar-refractivity contribution in [3.05, 3.63) is 47.0 Å². The lowest BCUT2D eigenvalue weighted by molar-refractivity contribution is 0.221. The molecule has 1 atom stereocenters. The van der Waals surface area contributed by atoms with Crippen LogP contribution in [0.2, 0.25) is 0 Å². The second kappa shape index (κ2) is 4.66. The zero-order chi connectivity index (χ0) is 11.5. The van der Waals surface area contributed by atoms with Gasteiger partial charge in [0.1, 0.15) is 5.82 Å². The summed E-state index contributed by atoms with van der Waals surface area (Å²) in [5, 5.41) is 0. The molecule has 2 N–H and O–H groups in total. The van der Waals surface area contributed by atoms with E-state index in [0.717, 1.165) is 30.6 Å². The van der Waals surface area contributed by atoms with Gasteiger partial charge in [-0.3, -0.25) is 0 Å². The van der Waals surface area contributed by atoms with E-state index in [1.54, 1.807) is 19.3 Å². The van der Waals surface area contributed by atoms with Gasteiger partial charge in [0.05, 0.1) is 18.9 Å². The van der Waals surface area contributed by atoms with Crippen LogP contribution >= 0.6 is 0 Å². The summed E-state index contributed by atoms with van der Waals surface area (Å²) in [5.41, 5.74) is 8.56. The molecule has 0 spiro atoms. The van der Waals surface area contributed by atoms with Crippen molar-refractivity contribution in [2.45, 2.75) is 25.8 Å². The number of benzene rings is 1. The van der Waals surface area contributed by atoms with Crippen molar-refractivity contribution in [2.24, 2.45) is 5.73 Å². The van der Waals surface area contributed by atoms with Crippen molar-refractivity contribution in [2.75, 3.05) is 6.61 Å². The molecular weight excluding hydrogens is 205 g/mol. The van der Waals surface area contributed by atoms with Gasteiger partial charge in [-0.25, -0.2) is 4.39 Å². The van der Waals surface area contributed by atoms with Gasteiger partial charge in [-0.05, 0) is 42.5 Å². The molecule has 0 aromatic heterocycles. The molecule has 1 aliphatic heterocycles. The number of aryl methyl sites for hydroxylation is 1. The fourth-order valence-electron chi connectivity index (χ4n) is 1.83. The summed E-state index contributed by atoms with van der Waals surface area (Å²) in [4.78, 5) is 0. The van der Waals surface area contributed by atoms with Gasteiger partial charge in [-0.1, -0.05) is 12.1 Å². The molecule has 1 aliphatic rings. The van der Waals surface area contributed by atoms with Crippen molar-refractivity contribution >= 4 is 0 Å². The normalized spacial score (nSPS) is 17.6. The monoisotopic (exact) mass is 221 g/mol. The van der Waals surface area contributed by atoms with Gasteiger partial charge in [0, 0.05) is 0 Å². The van der Waals surface area contributed by atoms with Crippen molar-refractivity contribution < 1.29 is 9.13 Å². The third-order valence-corrected chi connectivity index (χ3v) is 2.92. The molecule has 2 rings (SSSR count). The van der Waals surface area contributed by atoms with E-state index in [9.17, 15) is 4.39 Å². The Balaban J connectivity index is 2.22. The first-order valence-electron chi connectivity index (χ1n) is 5.50. The van der Waals surface area contributed by atoms with E-state index in [1.165, 1.54) is 6.07 Å². The lowest BCUT2D eigenvalue weighted by atomic mass is 9.95. The Bertz CT molecular complexity index is 414. The fraction of sp³-hybridized carbons (Fsp3) is 0.385. The Morgan fingerprint density at radius 3 is 2.88 bits per heavy atom. The maximum absolute atomic E-state index is 13.4. The molecule has 1 unspecified atom stereocenters. The summed E-state index contributed by atoms with van der Waals surface area (Å²) >= 11 is 0. The standard InChI is InChI=1S/C13H16FNO/c1-9-4-5-10(7-12(9)14)13(15)11-3-2-6-16-8-11/h4-5,7-8,13H,2-3,6,15H2,1H3. The molecule has 0 fully saturated rings. The molecule has 86 valence electrons. The van der Waals surface area contributed by atoms with Crippen LogP contribution < -0.4 is 5.73 Å². The van der Waals surface area contributed by atoms with E-state index in [0.29, 0.717) is 5.56 Å². The molecule has 0 saturated carbocycles. The van der Waals surface area contributed by atoms with Crippen LogP contribution in [0.1, 0.15) is 30.0 Å². The number of nitrogens with two attached hydrogens (primary N) is 1. The van der Waals surface area contributed by atoms with Crippen LogP contribution in [0.3, 0.4) is 0 Å². The van der Waals surface area contributed by atoms with Gasteiger partial charge in [0.25, 0.3) is 0 Å². The number of halogens is 1. The van der Waals surface area contributed by atoms with Crippen LogP contribution in [0.4, 0.5) is 4.39 Å². The average Bonchev–Trinajstić information content (AvgIpc) is 2.33. The van der Waals surface area contributed by atoms with Crippen molar-refractivity contribution in [1.29, 1.82) is 0 Å². The first kappa shape index (κ1) is 11.1. The molecule has 1 aromatic rings. The lowest BCUT2D eigenvalue weighted by Crippen LogP contribution is -2.16. The SMILES string of the molecule is Cc1ccc(C(N)C2=COCCC2)cc1F. The molecule has 1 aromatic carbocycles. The molecule has 0 aliphatic carbocycles. The summed E-state index contributed by atoms with van der Waals surface area (Å²) < 4.78 is 18.6. The van der Waals surface area contributed by atoms with Crippen molar-refractivity contribution in [3.63, 3.8) is 0 Å². The Morgan fingerprint density at radius 2 is 2.25 bits per heavy atom. The average molecular weight is 221 g/mol. The van der Waals surface area contributed by atoms with Crippen LogP contribution in [0.25, 0.3) is 0 Å². The van der Waals surface area contributed by atoms with Crippen molar-refractivity contribution in [1.82, 2.24) is 0 Å². The first-order valence-corrected chi connectivity index (χ1v) is 5.50. The summed E-state index contributed by atoms with van der Waals surface area (Å²) in [5.74, 6) is -0.203. The predicted octanol–water partition coefficient (Wildman–Crippen LogP) is 2.83. The molecule has 0 radical (unpaired) electrons. The summed E-state index contributed by atoms with van der Waals surface area (Å²) in [6, 6.07) is 4.89. The number of hydrogen-bond donors (Lipinski definition) is 1. The second-order valence-corrected chi connectivity index (χ2v) is 4.15. The van der Waals surface area contributed by atoms with E-state index in [-0.39, 0.29) is 11.9 Å². The van der Waals surface area contributed by atoms with E-state index in [4.69, 9.17) is 10.5 Å². The number of hydrogen-bond acceptors (Lipinski definition) is 2. The third-order valence-electron chi connectivity index (χ3n) is 2.92. The minimum Gasteiger partial charge on any atom is -0.501 e. The summed E-state index contributed by atoms with van der Waals surface area (Å²) in [7, 11) is 0. The van der Waals surface area contributed by atoms with Crippen molar-refractivity contribution in [3.8, 4) is 0 Å². The Hall–Kier alpha value is -1.35. The van der Waals surface area contributed by atoms with Crippen LogP contribution in [0, 0.1) is 12.7 Å². The van der Waals surface area contributed by atoms with Crippen LogP contribution in [0.5, 0.6) is 0 Å². The van der Waals surface area contributed by atoms with Gasteiger partial charge < -0.3 is 10.5 Å². The van der Waals surface area contributed by atoms with E-state index < -0.39 is 0 Å². The second-order valence-electron chi connectivity index (χ2n) is 4.15. The van der Waals surface area contributed by atoms with Crippen LogP contribution in [0.15, 0.2) is 30.0 Å². The largest absolute Gasteiger partial charge is 0.501 e. The molecule has 16 heavy (non-hydrogen) atoms. The van der Waals surface area contributed by atoms with Gasteiger partial charge in [0.15, 0.2) is 0 Å². The minimum atomic E-state index is -0.254. The highest BCUT2D eigenvalue weighted by Crippen LogP contribution is 2.26. The Labute approximate surface area is 94.9 Å². The van der Waals surface area contributed by atoms with E-state index in [1.807, 2.05) is 6.07 Å². The molecule has 0 saturated heterocycles. The van der Waals surface area contributed by atoms with Gasteiger partial charge in [-0.15, -0.1) is 0 Å². The molecule has 0 amide bonds. The first-order chi connectivity index (χ1) is 7.68. The van der Waals surface area contributed by atoms with Crippen LogP contribution in [-0.4, -0.2) is 6.61 Å². The maximum Gasteiger partial charge on any atom is 0.126 e. The smallest absolute Gasteiger partial charge is 0.126 e. The Kier molecular flexibility index (Phi) is 3.25. The molecular formula is C13H16FNO. The highest BCUT2D eigenvalue weighted by Gasteiger charge is 2.15. The quantitative estimate of drug-likeness (QED) is 0.833. The van der Waals surface area contributed by atoms with E-state index >= 15 is 0 Å². The number of rotatable bonds is 2. The van der Waals surface area contributed by atoms with Gasteiger partial charge >= 0.3 is 0 Å². The number of ether oxygens (including phenoxy) is 1. The molecule has 2 nitrogen and oxygen atoms in total. The fourth-order valence-corrected chi connectivity index (χ4v) is 1.83. The molecule has 3 heteroatoms. The highest BCUT2D eigenvalue weighted by molar-refractivity contribution is 5.31. The van der Waals surface area contributed by atoms with Crippen LogP contribution in [-0.2, 0) is 4.74 Å². The van der Waals surface area contributed by atoms with Gasteiger partial charge in [-0.2, -0.15) is 0 Å². The molecule has 1 heterocycles. The molecule has 0 bridgehead atoms. The zero-order valence-electron chi connectivity index (χ0n) is 9.37. The third kappa shape index (κ3) is 2.25. The topological polar surface area (TPSA) is 35.2 Å². The zero-order valence-corrected chi connectivity index (χ0v) is 9.37. The Morgan fingerprint density at radius 1 is 1.44 bits per heavy atom. The predicted molar refractivity (Wildman–Crippen MR) is 61.3 cm³/mol. The summed E-state index contributed by atoms with van der Waals surface area (Å²) in [6.45, 7) is 2.49. The lowest BCUT2D eigenvalue weighted by Gasteiger charge is -2.20. The maximum atomic E-state index is 13.4.